The molecule has 1 unspecified atom stereocenters. The monoisotopic (exact) mass is 347 g/mol. The predicted octanol–water partition coefficient (Wildman–Crippen LogP) is 4.32. The van der Waals surface area contributed by atoms with Gasteiger partial charge in [-0.25, -0.2) is 4.98 Å². The number of carbonyl (C=O) groups excluding carboxylic acids is 1. The van der Waals surface area contributed by atoms with Gasteiger partial charge in [-0.2, -0.15) is 0 Å². The van der Waals surface area contributed by atoms with Crippen molar-refractivity contribution in [3.63, 3.8) is 0 Å². The zero-order chi connectivity index (χ0) is 18.3. The van der Waals surface area contributed by atoms with Crippen LogP contribution in [0.15, 0.2) is 36.4 Å². The SMILES string of the molecule is CC(C)c1ccc2nc(CC(C)c3ccc4c(c3)CCNC4=O)[nH]c2c1. The van der Waals surface area contributed by atoms with Gasteiger partial charge in [0, 0.05) is 18.5 Å². The van der Waals surface area contributed by atoms with Gasteiger partial charge >= 0.3 is 0 Å². The average Bonchev–Trinajstić information content (AvgIpc) is 3.02. The Morgan fingerprint density at radius 1 is 1.08 bits per heavy atom. The number of aromatic nitrogens is 2. The fourth-order valence-electron chi connectivity index (χ4n) is 3.70. The zero-order valence-electron chi connectivity index (χ0n) is 15.6. The Bertz CT molecular complexity index is 971. The van der Waals surface area contributed by atoms with Gasteiger partial charge in [0.1, 0.15) is 5.82 Å². The highest BCUT2D eigenvalue weighted by Gasteiger charge is 2.18. The van der Waals surface area contributed by atoms with Crippen LogP contribution in [0.3, 0.4) is 0 Å². The molecule has 1 amide bonds. The van der Waals surface area contributed by atoms with Crippen molar-refractivity contribution < 1.29 is 4.79 Å². The minimum absolute atomic E-state index is 0.0451. The smallest absolute Gasteiger partial charge is 0.251 e. The van der Waals surface area contributed by atoms with E-state index in [1.807, 2.05) is 6.07 Å². The second-order valence-electron chi connectivity index (χ2n) is 7.64. The van der Waals surface area contributed by atoms with Gasteiger partial charge in [0.25, 0.3) is 5.91 Å². The third-order valence-corrected chi connectivity index (χ3v) is 5.34. The van der Waals surface area contributed by atoms with E-state index in [0.29, 0.717) is 11.8 Å². The molecule has 134 valence electrons. The van der Waals surface area contributed by atoms with E-state index < -0.39 is 0 Å². The number of rotatable bonds is 4. The van der Waals surface area contributed by atoms with Crippen molar-refractivity contribution in [2.24, 2.45) is 0 Å². The highest BCUT2D eigenvalue weighted by Crippen LogP contribution is 2.26. The summed E-state index contributed by atoms with van der Waals surface area (Å²) in [5, 5.41) is 2.90. The largest absolute Gasteiger partial charge is 0.352 e. The highest BCUT2D eigenvalue weighted by atomic mass is 16.1. The number of H-pyrrole nitrogens is 1. The predicted molar refractivity (Wildman–Crippen MR) is 105 cm³/mol. The maximum Gasteiger partial charge on any atom is 0.251 e. The molecule has 2 N–H and O–H groups in total. The van der Waals surface area contributed by atoms with Gasteiger partial charge in [-0.05, 0) is 53.1 Å². The summed E-state index contributed by atoms with van der Waals surface area (Å²) in [6.45, 7) is 7.36. The molecule has 1 atom stereocenters. The molecule has 0 spiro atoms. The van der Waals surface area contributed by atoms with Crippen molar-refractivity contribution in [1.82, 2.24) is 15.3 Å². The number of nitrogens with zero attached hydrogens (tertiary/aromatic N) is 1. The molecule has 0 fully saturated rings. The number of carbonyl (C=O) groups is 1. The number of nitrogens with one attached hydrogen (secondary N) is 2. The van der Waals surface area contributed by atoms with Crippen LogP contribution in [0.4, 0.5) is 0 Å². The van der Waals surface area contributed by atoms with Gasteiger partial charge in [0.15, 0.2) is 0 Å². The number of hydrogen-bond acceptors (Lipinski definition) is 2. The first-order chi connectivity index (χ1) is 12.5. The fourth-order valence-corrected chi connectivity index (χ4v) is 3.70. The van der Waals surface area contributed by atoms with Crippen LogP contribution in [0.5, 0.6) is 0 Å². The molecule has 4 heteroatoms. The molecule has 0 saturated heterocycles. The Kier molecular flexibility index (Phi) is 4.27. The lowest BCUT2D eigenvalue weighted by atomic mass is 9.91. The third kappa shape index (κ3) is 3.12. The normalized spacial score (nSPS) is 15.2. The topological polar surface area (TPSA) is 57.8 Å². The van der Waals surface area contributed by atoms with Crippen molar-refractivity contribution in [2.75, 3.05) is 6.54 Å². The van der Waals surface area contributed by atoms with Crippen LogP contribution in [0, 0.1) is 0 Å². The van der Waals surface area contributed by atoms with Crippen LogP contribution in [-0.2, 0) is 12.8 Å². The van der Waals surface area contributed by atoms with Crippen molar-refractivity contribution >= 4 is 16.9 Å². The van der Waals surface area contributed by atoms with Gasteiger partial charge in [-0.3, -0.25) is 4.79 Å². The number of imidazole rings is 1. The summed E-state index contributed by atoms with van der Waals surface area (Å²) >= 11 is 0. The second-order valence-corrected chi connectivity index (χ2v) is 7.64. The number of benzene rings is 2. The molecule has 3 aromatic rings. The molecule has 0 bridgehead atoms. The first-order valence-corrected chi connectivity index (χ1v) is 9.41. The fraction of sp³-hybridized carbons (Fsp3) is 0.364. The van der Waals surface area contributed by atoms with Crippen molar-refractivity contribution in [3.05, 3.63) is 64.5 Å². The van der Waals surface area contributed by atoms with Crippen molar-refractivity contribution in [3.8, 4) is 0 Å². The molecular formula is C22H25N3O. The molecule has 2 aromatic carbocycles. The number of aromatic amines is 1. The Hall–Kier alpha value is -2.62. The minimum Gasteiger partial charge on any atom is -0.352 e. The maximum absolute atomic E-state index is 11.9. The maximum atomic E-state index is 11.9. The lowest BCUT2D eigenvalue weighted by Crippen LogP contribution is -2.31. The average molecular weight is 347 g/mol. The minimum atomic E-state index is 0.0451. The van der Waals surface area contributed by atoms with E-state index in [4.69, 9.17) is 4.98 Å². The van der Waals surface area contributed by atoms with Crippen LogP contribution >= 0.6 is 0 Å². The van der Waals surface area contributed by atoms with Gasteiger partial charge in [-0.1, -0.05) is 39.0 Å². The Morgan fingerprint density at radius 2 is 1.88 bits per heavy atom. The molecule has 1 aliphatic heterocycles. The van der Waals surface area contributed by atoms with Crippen LogP contribution < -0.4 is 5.32 Å². The molecule has 0 aliphatic carbocycles. The zero-order valence-corrected chi connectivity index (χ0v) is 15.6. The van der Waals surface area contributed by atoms with Gasteiger partial charge < -0.3 is 10.3 Å². The summed E-state index contributed by atoms with van der Waals surface area (Å²) in [6, 6.07) is 12.7. The van der Waals surface area contributed by atoms with E-state index in [0.717, 1.165) is 47.4 Å². The van der Waals surface area contributed by atoms with Gasteiger partial charge in [-0.15, -0.1) is 0 Å². The van der Waals surface area contributed by atoms with E-state index in [-0.39, 0.29) is 5.91 Å². The summed E-state index contributed by atoms with van der Waals surface area (Å²) in [6.07, 6.45) is 1.76. The van der Waals surface area contributed by atoms with E-state index in [1.54, 1.807) is 0 Å². The highest BCUT2D eigenvalue weighted by molar-refractivity contribution is 5.96. The van der Waals surface area contributed by atoms with Gasteiger partial charge in [0.05, 0.1) is 11.0 Å². The lowest BCUT2D eigenvalue weighted by Gasteiger charge is -2.19. The van der Waals surface area contributed by atoms with Crippen LogP contribution in [-0.4, -0.2) is 22.4 Å². The molecule has 26 heavy (non-hydrogen) atoms. The lowest BCUT2D eigenvalue weighted by molar-refractivity contribution is 0.0946. The van der Waals surface area contributed by atoms with Crippen molar-refractivity contribution in [2.45, 2.75) is 45.4 Å². The standard InChI is InChI=1S/C22H25N3O/c1-13(2)15-5-7-19-20(12-15)25-21(24-19)10-14(3)16-4-6-18-17(11-16)8-9-23-22(18)26/h4-7,11-14H,8-10H2,1-3H3,(H,23,26)(H,24,25). The number of hydrogen-bond donors (Lipinski definition) is 2. The summed E-state index contributed by atoms with van der Waals surface area (Å²) in [5.74, 6) is 1.92. The van der Waals surface area contributed by atoms with Crippen LogP contribution in [0.1, 0.15) is 65.5 Å². The molecule has 0 saturated carbocycles. The van der Waals surface area contributed by atoms with Gasteiger partial charge in [0.2, 0.25) is 0 Å². The van der Waals surface area contributed by atoms with Crippen molar-refractivity contribution in [1.29, 1.82) is 0 Å². The van der Waals surface area contributed by atoms with E-state index in [2.05, 4.69) is 61.4 Å². The molecule has 4 rings (SSSR count). The Morgan fingerprint density at radius 3 is 2.69 bits per heavy atom. The molecular weight excluding hydrogens is 322 g/mol. The molecule has 1 aromatic heterocycles. The Labute approximate surface area is 154 Å². The molecule has 2 heterocycles. The first-order valence-electron chi connectivity index (χ1n) is 9.41. The number of fused-ring (bicyclic) bond motifs is 2. The van der Waals surface area contributed by atoms with E-state index in [9.17, 15) is 4.79 Å². The molecule has 1 aliphatic rings. The summed E-state index contributed by atoms with van der Waals surface area (Å²) in [7, 11) is 0. The third-order valence-electron chi connectivity index (χ3n) is 5.34. The van der Waals surface area contributed by atoms with E-state index >= 15 is 0 Å². The quantitative estimate of drug-likeness (QED) is 0.738. The molecule has 4 nitrogen and oxygen atoms in total. The Balaban J connectivity index is 1.57. The van der Waals surface area contributed by atoms with Crippen LogP contribution in [0.25, 0.3) is 11.0 Å². The first kappa shape index (κ1) is 16.8. The summed E-state index contributed by atoms with van der Waals surface area (Å²) in [4.78, 5) is 20.2. The van der Waals surface area contributed by atoms with Crippen LogP contribution in [0.2, 0.25) is 0 Å². The molecule has 0 radical (unpaired) electrons. The van der Waals surface area contributed by atoms with E-state index in [1.165, 1.54) is 11.1 Å². The summed E-state index contributed by atoms with van der Waals surface area (Å²) < 4.78 is 0. The second kappa shape index (κ2) is 6.60. The number of amides is 1. The summed E-state index contributed by atoms with van der Waals surface area (Å²) in [5.41, 5.74) is 6.70.